The van der Waals surface area contributed by atoms with E-state index < -0.39 is 6.10 Å². The lowest BCUT2D eigenvalue weighted by molar-refractivity contribution is -0.0787. The maximum Gasteiger partial charge on any atom is 0.296 e. The first kappa shape index (κ1) is 21.9. The molecule has 3 heterocycles. The van der Waals surface area contributed by atoms with E-state index in [1.54, 1.807) is 0 Å². The average molecular weight is 450 g/mol. The number of amides is 1. The van der Waals surface area contributed by atoms with Crippen LogP contribution in [0.2, 0.25) is 0 Å². The van der Waals surface area contributed by atoms with Crippen molar-refractivity contribution in [3.8, 4) is 0 Å². The van der Waals surface area contributed by atoms with Crippen LogP contribution in [-0.2, 0) is 17.9 Å². The maximum atomic E-state index is 13.6. The standard InChI is InChI=1S/C25H31N5O3/c1-17(2)11-28-16-27(3)14-22-23(25(32)30-13-20(31)15-33-30)29(26-24(22)28)12-19-9-6-8-18-7-4-5-10-21(18)19/h4-10,17,20,31H,11-16H2,1-3H3/t20-/m0/s1. The molecule has 1 aromatic heterocycles. The number of fused-ring (bicyclic) bond motifs is 2. The lowest BCUT2D eigenvalue weighted by Crippen LogP contribution is -2.42. The van der Waals surface area contributed by atoms with Crippen LogP contribution in [0.1, 0.15) is 35.5 Å². The Hall–Kier alpha value is -2.94. The number of rotatable bonds is 5. The molecule has 33 heavy (non-hydrogen) atoms. The molecule has 2 aliphatic rings. The van der Waals surface area contributed by atoms with Gasteiger partial charge in [0.15, 0.2) is 5.82 Å². The number of aliphatic hydroxyl groups is 1. The summed E-state index contributed by atoms with van der Waals surface area (Å²) in [5.74, 6) is 1.08. The average Bonchev–Trinajstić information content (AvgIpc) is 3.37. The van der Waals surface area contributed by atoms with Crippen molar-refractivity contribution in [2.45, 2.75) is 33.0 Å². The van der Waals surface area contributed by atoms with Gasteiger partial charge in [0.25, 0.3) is 5.91 Å². The van der Waals surface area contributed by atoms with Crippen molar-refractivity contribution < 1.29 is 14.7 Å². The molecule has 1 N–H and O–H groups in total. The highest BCUT2D eigenvalue weighted by molar-refractivity contribution is 5.95. The number of aromatic nitrogens is 2. The second-order valence-corrected chi connectivity index (χ2v) is 9.53. The fourth-order valence-electron chi connectivity index (χ4n) is 4.83. The second kappa shape index (κ2) is 8.78. The molecular weight excluding hydrogens is 418 g/mol. The first-order valence-electron chi connectivity index (χ1n) is 11.5. The predicted molar refractivity (Wildman–Crippen MR) is 127 cm³/mol. The van der Waals surface area contributed by atoms with Crippen molar-refractivity contribution >= 4 is 22.5 Å². The molecule has 1 saturated heterocycles. The zero-order valence-electron chi connectivity index (χ0n) is 19.4. The minimum absolute atomic E-state index is 0.130. The number of anilines is 1. The summed E-state index contributed by atoms with van der Waals surface area (Å²) in [6.45, 7) is 7.41. The van der Waals surface area contributed by atoms with E-state index in [1.165, 1.54) is 5.06 Å². The van der Waals surface area contributed by atoms with Crippen LogP contribution in [0.15, 0.2) is 42.5 Å². The SMILES string of the molecule is CC(C)CN1CN(C)Cc2c1nn(Cc1cccc3ccccc13)c2C(=O)N1C[C@H](O)CO1. The monoisotopic (exact) mass is 449 g/mol. The van der Waals surface area contributed by atoms with Crippen LogP contribution in [0.3, 0.4) is 0 Å². The van der Waals surface area contributed by atoms with Gasteiger partial charge in [-0.25, -0.2) is 5.06 Å². The minimum atomic E-state index is -0.667. The summed E-state index contributed by atoms with van der Waals surface area (Å²) >= 11 is 0. The van der Waals surface area contributed by atoms with Gasteiger partial charge in [-0.2, -0.15) is 5.10 Å². The molecule has 0 aliphatic carbocycles. The highest BCUT2D eigenvalue weighted by Crippen LogP contribution is 2.32. The summed E-state index contributed by atoms with van der Waals surface area (Å²) in [6.07, 6.45) is -0.667. The van der Waals surface area contributed by atoms with Gasteiger partial charge in [0.1, 0.15) is 18.4 Å². The molecule has 8 heteroatoms. The van der Waals surface area contributed by atoms with Crippen LogP contribution in [0.5, 0.6) is 0 Å². The molecule has 0 spiro atoms. The van der Waals surface area contributed by atoms with Crippen LogP contribution < -0.4 is 4.90 Å². The van der Waals surface area contributed by atoms with E-state index in [1.807, 2.05) is 22.9 Å². The molecule has 0 saturated carbocycles. The van der Waals surface area contributed by atoms with Crippen LogP contribution >= 0.6 is 0 Å². The molecule has 1 amide bonds. The third-order valence-corrected chi connectivity index (χ3v) is 6.18. The molecule has 0 unspecified atom stereocenters. The number of hydrogen-bond donors (Lipinski definition) is 1. The van der Waals surface area contributed by atoms with Gasteiger partial charge < -0.3 is 10.0 Å². The fourth-order valence-corrected chi connectivity index (χ4v) is 4.83. The largest absolute Gasteiger partial charge is 0.389 e. The normalized spacial score (nSPS) is 19.0. The van der Waals surface area contributed by atoms with Crippen LogP contribution in [0, 0.1) is 5.92 Å². The summed E-state index contributed by atoms with van der Waals surface area (Å²) in [6, 6.07) is 14.5. The zero-order chi connectivity index (χ0) is 23.1. The van der Waals surface area contributed by atoms with Crippen molar-refractivity contribution in [2.24, 2.45) is 5.92 Å². The molecular formula is C25H31N5O3. The fraction of sp³-hybridized carbons (Fsp3) is 0.440. The van der Waals surface area contributed by atoms with Crippen LogP contribution in [-0.4, -0.2) is 70.3 Å². The third-order valence-electron chi connectivity index (χ3n) is 6.18. The number of carbonyl (C=O) groups is 1. The Morgan fingerprint density at radius 3 is 2.76 bits per heavy atom. The summed E-state index contributed by atoms with van der Waals surface area (Å²) < 4.78 is 1.83. The highest BCUT2D eigenvalue weighted by Gasteiger charge is 2.36. The molecule has 2 aromatic carbocycles. The summed E-state index contributed by atoms with van der Waals surface area (Å²) in [5, 5.41) is 18.5. The van der Waals surface area contributed by atoms with Gasteiger partial charge in [0, 0.05) is 18.7 Å². The lowest BCUT2D eigenvalue weighted by Gasteiger charge is -2.34. The Bertz CT molecular complexity index is 1170. The topological polar surface area (TPSA) is 74.1 Å². The van der Waals surface area contributed by atoms with Crippen molar-refractivity contribution in [3.05, 3.63) is 59.3 Å². The highest BCUT2D eigenvalue weighted by atomic mass is 16.7. The lowest BCUT2D eigenvalue weighted by atomic mass is 10.0. The Kier molecular flexibility index (Phi) is 5.82. The molecule has 1 atom stereocenters. The van der Waals surface area contributed by atoms with E-state index in [9.17, 15) is 9.90 Å². The Balaban J connectivity index is 1.61. The van der Waals surface area contributed by atoms with Crippen LogP contribution in [0.25, 0.3) is 10.8 Å². The Morgan fingerprint density at radius 1 is 1.21 bits per heavy atom. The minimum Gasteiger partial charge on any atom is -0.389 e. The van der Waals surface area contributed by atoms with Crippen molar-refractivity contribution in [1.29, 1.82) is 0 Å². The molecule has 2 aliphatic heterocycles. The van der Waals surface area contributed by atoms with E-state index in [0.717, 1.165) is 40.9 Å². The van der Waals surface area contributed by atoms with E-state index in [4.69, 9.17) is 9.94 Å². The Labute approximate surface area is 193 Å². The van der Waals surface area contributed by atoms with Crippen LogP contribution in [0.4, 0.5) is 5.82 Å². The summed E-state index contributed by atoms with van der Waals surface area (Å²) in [7, 11) is 2.06. The maximum absolute atomic E-state index is 13.6. The van der Waals surface area contributed by atoms with Gasteiger partial charge in [0.05, 0.1) is 19.8 Å². The molecule has 8 nitrogen and oxygen atoms in total. The molecule has 1 fully saturated rings. The number of hydroxylamine groups is 2. The van der Waals surface area contributed by atoms with Gasteiger partial charge in [-0.3, -0.25) is 19.2 Å². The predicted octanol–water partition coefficient (Wildman–Crippen LogP) is 2.70. The third kappa shape index (κ3) is 4.21. The first-order chi connectivity index (χ1) is 15.9. The zero-order valence-corrected chi connectivity index (χ0v) is 19.4. The smallest absolute Gasteiger partial charge is 0.296 e. The number of nitrogens with zero attached hydrogens (tertiary/aromatic N) is 5. The van der Waals surface area contributed by atoms with Gasteiger partial charge in [-0.05, 0) is 29.3 Å². The van der Waals surface area contributed by atoms with Crippen molar-refractivity contribution in [2.75, 3.05) is 38.3 Å². The molecule has 0 bridgehead atoms. The van der Waals surface area contributed by atoms with E-state index in [0.29, 0.717) is 24.7 Å². The number of aliphatic hydroxyl groups excluding tert-OH is 1. The number of benzene rings is 2. The summed E-state index contributed by atoms with van der Waals surface area (Å²) in [4.78, 5) is 23.6. The van der Waals surface area contributed by atoms with Crippen molar-refractivity contribution in [1.82, 2.24) is 19.7 Å². The van der Waals surface area contributed by atoms with E-state index >= 15 is 0 Å². The van der Waals surface area contributed by atoms with Gasteiger partial charge in [-0.15, -0.1) is 0 Å². The number of carbonyl (C=O) groups excluding carboxylic acids is 1. The van der Waals surface area contributed by atoms with Gasteiger partial charge >= 0.3 is 0 Å². The molecule has 174 valence electrons. The second-order valence-electron chi connectivity index (χ2n) is 9.53. The van der Waals surface area contributed by atoms with Crippen molar-refractivity contribution in [3.63, 3.8) is 0 Å². The summed E-state index contributed by atoms with van der Waals surface area (Å²) in [5.41, 5.74) is 2.56. The Morgan fingerprint density at radius 2 is 2.00 bits per heavy atom. The first-order valence-corrected chi connectivity index (χ1v) is 11.5. The van der Waals surface area contributed by atoms with E-state index in [-0.39, 0.29) is 19.1 Å². The quantitative estimate of drug-likeness (QED) is 0.646. The number of β-amino-alcohol motifs (C(OH)–C–C–N with tert-alkyl or cyclic N) is 1. The molecule has 5 rings (SSSR count). The van der Waals surface area contributed by atoms with E-state index in [2.05, 4.69) is 55.0 Å². The van der Waals surface area contributed by atoms with Gasteiger partial charge in [-0.1, -0.05) is 56.3 Å². The molecule has 0 radical (unpaired) electrons. The van der Waals surface area contributed by atoms with Gasteiger partial charge in [0.2, 0.25) is 0 Å². The number of hydrogen-bond acceptors (Lipinski definition) is 6. The molecule has 3 aromatic rings.